The van der Waals surface area contributed by atoms with Crippen molar-refractivity contribution in [1.82, 2.24) is 0 Å². The van der Waals surface area contributed by atoms with E-state index in [4.69, 9.17) is 0 Å². The molecule has 0 N–H and O–H groups in total. The van der Waals surface area contributed by atoms with Crippen molar-refractivity contribution in [2.24, 2.45) is 0 Å². The highest BCUT2D eigenvalue weighted by atomic mass is 32.1. The lowest BCUT2D eigenvalue weighted by atomic mass is 9.33. The van der Waals surface area contributed by atoms with Crippen LogP contribution >= 0.6 is 11.3 Å². The minimum absolute atomic E-state index is 0.00738. The summed E-state index contributed by atoms with van der Waals surface area (Å²) in [6.45, 7) is 36.3. The minimum Gasteiger partial charge on any atom is -0.311 e. The Balaban J connectivity index is 1.30. The zero-order chi connectivity index (χ0) is 47.5. The van der Waals surface area contributed by atoms with E-state index >= 15 is 0 Å². The highest BCUT2D eigenvalue weighted by Gasteiger charge is 2.49. The van der Waals surface area contributed by atoms with E-state index in [0.29, 0.717) is 0 Å². The summed E-state index contributed by atoms with van der Waals surface area (Å²) in [4.78, 5) is 5.37. The van der Waals surface area contributed by atoms with Gasteiger partial charge in [-0.3, -0.25) is 0 Å². The second-order valence-corrected chi connectivity index (χ2v) is 26.7. The largest absolute Gasteiger partial charge is 0.311 e. The van der Waals surface area contributed by atoms with Crippen LogP contribution in [0.1, 0.15) is 162 Å². The van der Waals surface area contributed by atoms with Gasteiger partial charge in [-0.25, -0.2) is 0 Å². The predicted octanol–water partition coefficient (Wildman–Crippen LogP) is 16.3. The molecule has 0 saturated heterocycles. The van der Waals surface area contributed by atoms with Crippen LogP contribution in [0.5, 0.6) is 0 Å². The van der Waals surface area contributed by atoms with Crippen molar-refractivity contribution in [3.8, 4) is 11.1 Å². The lowest BCUT2D eigenvalue weighted by Gasteiger charge is -2.47. The van der Waals surface area contributed by atoms with Crippen LogP contribution in [0.25, 0.3) is 21.2 Å². The van der Waals surface area contributed by atoms with E-state index in [-0.39, 0.29) is 39.2 Å². The van der Waals surface area contributed by atoms with Crippen molar-refractivity contribution in [1.29, 1.82) is 0 Å². The second kappa shape index (κ2) is 14.5. The molecule has 0 bridgehead atoms. The number of hydrogen-bond acceptors (Lipinski definition) is 3. The Labute approximate surface area is 406 Å². The summed E-state index contributed by atoms with van der Waals surface area (Å²) in [5, 5.41) is 2.79. The van der Waals surface area contributed by atoms with Gasteiger partial charge in [0.1, 0.15) is 0 Å². The van der Waals surface area contributed by atoms with Crippen LogP contribution < -0.4 is 26.2 Å². The number of aryl methyl sites for hydroxylation is 1. The minimum atomic E-state index is -0.00738. The maximum absolute atomic E-state index is 2.72. The number of nitrogens with zero attached hydrogens (tertiary/aromatic N) is 2. The molecule has 11 rings (SSSR count). The predicted molar refractivity (Wildman–Crippen MR) is 294 cm³/mol. The summed E-state index contributed by atoms with van der Waals surface area (Å²) in [6.07, 6.45) is 4.74. The SMILES string of the molecule is Cc1cc2c3c(c1)N(c1ccc(C(C)(C)C)cc1)c1sc4cc5c(cc4c1B3c1cc3c(cc1N2c1ccc(C(C)(C)C)cc1-c1ccccc1)C(C)(C)CCC3(C)C)C(C)(C)CCC5(C)C. The van der Waals surface area contributed by atoms with Crippen molar-refractivity contribution in [3.63, 3.8) is 0 Å². The Bertz CT molecular complexity index is 3160. The average molecular weight is 899 g/mol. The highest BCUT2D eigenvalue weighted by Crippen LogP contribution is 2.55. The normalized spacial score (nSPS) is 18.5. The molecule has 0 saturated carbocycles. The molecule has 1 aromatic heterocycles. The Morgan fingerprint density at radius 1 is 0.493 bits per heavy atom. The number of anilines is 6. The maximum atomic E-state index is 2.72. The first kappa shape index (κ1) is 44.5. The van der Waals surface area contributed by atoms with Gasteiger partial charge in [0.05, 0.1) is 10.7 Å². The van der Waals surface area contributed by atoms with Crippen LogP contribution in [-0.4, -0.2) is 6.71 Å². The van der Waals surface area contributed by atoms with E-state index < -0.39 is 0 Å². The topological polar surface area (TPSA) is 6.48 Å². The van der Waals surface area contributed by atoms with E-state index in [1.165, 1.54) is 136 Å². The molecule has 4 heteroatoms. The summed E-state index contributed by atoms with van der Waals surface area (Å²) in [6, 6.07) is 43.8. The molecule has 2 nitrogen and oxygen atoms in total. The molecule has 0 unspecified atom stereocenters. The van der Waals surface area contributed by atoms with Gasteiger partial charge in [-0.05, 0) is 186 Å². The third-order valence-corrected chi connectivity index (χ3v) is 18.1. The number of hydrogen-bond donors (Lipinski definition) is 0. The van der Waals surface area contributed by atoms with Gasteiger partial charge in [0.15, 0.2) is 0 Å². The van der Waals surface area contributed by atoms with Crippen LogP contribution in [0, 0.1) is 6.92 Å². The summed E-state index contributed by atoms with van der Waals surface area (Å²) < 4.78 is 1.41. The van der Waals surface area contributed by atoms with Crippen LogP contribution in [-0.2, 0) is 32.5 Å². The Kier molecular flexibility index (Phi) is 9.61. The van der Waals surface area contributed by atoms with Gasteiger partial charge in [-0.15, -0.1) is 11.3 Å². The van der Waals surface area contributed by atoms with Gasteiger partial charge in [0.2, 0.25) is 0 Å². The molecule has 4 aliphatic rings. The molecule has 0 spiro atoms. The van der Waals surface area contributed by atoms with Gasteiger partial charge in [-0.2, -0.15) is 0 Å². The van der Waals surface area contributed by atoms with Crippen LogP contribution in [0.2, 0.25) is 0 Å². The average Bonchev–Trinajstić information content (AvgIpc) is 3.64. The van der Waals surface area contributed by atoms with Gasteiger partial charge in [0, 0.05) is 33.0 Å². The molecule has 7 aromatic rings. The fraction of sp³-hybridized carbons (Fsp3) is 0.397. The van der Waals surface area contributed by atoms with E-state index in [9.17, 15) is 0 Å². The highest BCUT2D eigenvalue weighted by molar-refractivity contribution is 7.26. The summed E-state index contributed by atoms with van der Waals surface area (Å²) >= 11 is 2.02. The van der Waals surface area contributed by atoms with Crippen molar-refractivity contribution < 1.29 is 0 Å². The smallest absolute Gasteiger partial charge is 0.254 e. The summed E-state index contributed by atoms with van der Waals surface area (Å²) in [5.74, 6) is 0. The molecular weight excluding hydrogens is 828 g/mol. The Morgan fingerprint density at radius 3 is 1.60 bits per heavy atom. The molecule has 2 aliphatic heterocycles. The van der Waals surface area contributed by atoms with Crippen LogP contribution in [0.15, 0.2) is 109 Å². The number of fused-ring (bicyclic) bond motifs is 8. The number of rotatable bonds is 3. The van der Waals surface area contributed by atoms with Crippen molar-refractivity contribution in [2.45, 2.75) is 162 Å². The molecule has 342 valence electrons. The lowest BCUT2D eigenvalue weighted by Crippen LogP contribution is -2.61. The molecule has 3 heterocycles. The zero-order valence-electron chi connectivity index (χ0n) is 43.1. The number of thiophene rings is 1. The molecular formula is C63H71BN2S. The van der Waals surface area contributed by atoms with Gasteiger partial charge in [0.25, 0.3) is 6.71 Å². The van der Waals surface area contributed by atoms with Gasteiger partial charge >= 0.3 is 0 Å². The van der Waals surface area contributed by atoms with Crippen LogP contribution in [0.4, 0.5) is 33.4 Å². The molecule has 6 aromatic carbocycles. The fourth-order valence-corrected chi connectivity index (χ4v) is 13.7. The monoisotopic (exact) mass is 899 g/mol. The second-order valence-electron chi connectivity index (χ2n) is 25.7. The Morgan fingerprint density at radius 2 is 1.01 bits per heavy atom. The molecule has 0 radical (unpaired) electrons. The standard InChI is InChI=1S/C63H71BN2S/c1-38-31-52-56-53(32-38)66(50-26-23-41(59(5,6)7)33-43(50)39-19-17-16-18-20-39)51-36-47-46(61(10,11)28-29-62(47,12)13)35-49(51)64(56)55-44-34-45-48(63(14,15)30-27-60(45,8)9)37-54(44)67-57(55)65(52)42-24-21-40(22-25-42)58(2,3)4/h16-26,31-37H,27-30H2,1-15H3. The van der Waals surface area contributed by atoms with Gasteiger partial charge < -0.3 is 9.80 Å². The third kappa shape index (κ3) is 6.84. The number of benzene rings is 6. The fourth-order valence-electron chi connectivity index (χ4n) is 12.4. The third-order valence-electron chi connectivity index (χ3n) is 17.0. The van der Waals surface area contributed by atoms with Crippen molar-refractivity contribution in [3.05, 3.63) is 148 Å². The van der Waals surface area contributed by atoms with E-state index in [2.05, 4.69) is 223 Å². The molecule has 0 fully saturated rings. The first-order valence-electron chi connectivity index (χ1n) is 25.2. The maximum Gasteiger partial charge on any atom is 0.254 e. The van der Waals surface area contributed by atoms with Crippen LogP contribution in [0.3, 0.4) is 0 Å². The van der Waals surface area contributed by atoms with E-state index in [1.54, 1.807) is 0 Å². The molecule has 0 amide bonds. The first-order valence-corrected chi connectivity index (χ1v) is 26.0. The molecule has 2 aliphatic carbocycles. The van der Waals surface area contributed by atoms with E-state index in [1.807, 2.05) is 11.3 Å². The summed E-state index contributed by atoms with van der Waals surface area (Å²) in [7, 11) is 0. The van der Waals surface area contributed by atoms with E-state index in [0.717, 1.165) is 0 Å². The van der Waals surface area contributed by atoms with Crippen molar-refractivity contribution in [2.75, 3.05) is 9.80 Å². The lowest BCUT2D eigenvalue weighted by molar-refractivity contribution is 0.332. The first-order chi connectivity index (χ1) is 31.4. The molecule has 67 heavy (non-hydrogen) atoms. The quantitative estimate of drug-likeness (QED) is 0.163. The summed E-state index contributed by atoms with van der Waals surface area (Å²) in [5.41, 5.74) is 23.6. The Hall–Kier alpha value is -5.06. The molecule has 0 atom stereocenters. The van der Waals surface area contributed by atoms with Crippen molar-refractivity contribution >= 4 is 78.0 Å². The van der Waals surface area contributed by atoms with Gasteiger partial charge in [-0.1, -0.05) is 152 Å². The zero-order valence-corrected chi connectivity index (χ0v) is 43.9.